The van der Waals surface area contributed by atoms with Crippen molar-refractivity contribution in [3.63, 3.8) is 0 Å². The molecule has 6 nitrogen and oxygen atoms in total. The van der Waals surface area contributed by atoms with Gasteiger partial charge in [0.05, 0.1) is 17.7 Å². The first-order valence-corrected chi connectivity index (χ1v) is 9.19. The van der Waals surface area contributed by atoms with Crippen LogP contribution >= 0.6 is 0 Å². The second-order valence-electron chi connectivity index (χ2n) is 7.94. The molecule has 24 heavy (non-hydrogen) atoms. The number of hydrogen-bond donors (Lipinski definition) is 1. The van der Waals surface area contributed by atoms with Crippen LogP contribution in [0.1, 0.15) is 58.9 Å². The van der Waals surface area contributed by atoms with E-state index in [9.17, 15) is 0 Å². The normalized spacial score (nSPS) is 29.2. The van der Waals surface area contributed by atoms with E-state index in [2.05, 4.69) is 30.8 Å². The number of ether oxygens (including phenoxy) is 1. The molecule has 1 saturated heterocycles. The number of nitrogens with zero attached hydrogens (tertiary/aromatic N) is 4. The third-order valence-corrected chi connectivity index (χ3v) is 4.81. The van der Waals surface area contributed by atoms with Crippen molar-refractivity contribution < 1.29 is 4.74 Å². The molecule has 0 spiro atoms. The molecule has 0 bridgehead atoms. The third-order valence-electron chi connectivity index (χ3n) is 4.81. The summed E-state index contributed by atoms with van der Waals surface area (Å²) in [7, 11) is 0. The molecule has 1 aromatic rings. The van der Waals surface area contributed by atoms with Crippen molar-refractivity contribution >= 4 is 5.96 Å². The fourth-order valence-electron chi connectivity index (χ4n) is 3.62. The first-order chi connectivity index (χ1) is 11.4. The zero-order valence-corrected chi connectivity index (χ0v) is 15.2. The second-order valence-corrected chi connectivity index (χ2v) is 7.94. The van der Waals surface area contributed by atoms with Crippen LogP contribution in [0.3, 0.4) is 0 Å². The lowest BCUT2D eigenvalue weighted by atomic mass is 9.82. The summed E-state index contributed by atoms with van der Waals surface area (Å²) in [6.07, 6.45) is 9.85. The minimum Gasteiger partial charge on any atom is -0.370 e. The molecule has 1 saturated carbocycles. The molecular formula is C18H31N5O. The van der Waals surface area contributed by atoms with Crippen molar-refractivity contribution in [3.05, 3.63) is 18.5 Å². The van der Waals surface area contributed by atoms with Gasteiger partial charge in [-0.1, -0.05) is 12.8 Å². The van der Waals surface area contributed by atoms with Gasteiger partial charge < -0.3 is 15.4 Å². The zero-order valence-electron chi connectivity index (χ0n) is 15.2. The lowest BCUT2D eigenvalue weighted by Crippen LogP contribution is -2.52. The summed E-state index contributed by atoms with van der Waals surface area (Å²) >= 11 is 0. The number of nitrogens with two attached hydrogens (primary N) is 1. The van der Waals surface area contributed by atoms with E-state index in [0.717, 1.165) is 19.5 Å². The summed E-state index contributed by atoms with van der Waals surface area (Å²) in [6, 6.07) is 2.22. The third kappa shape index (κ3) is 4.09. The molecule has 0 aromatic carbocycles. The summed E-state index contributed by atoms with van der Waals surface area (Å²) in [4.78, 5) is 7.09. The molecule has 2 fully saturated rings. The quantitative estimate of drug-likeness (QED) is 0.682. The Hall–Kier alpha value is -1.56. The molecule has 6 heteroatoms. The van der Waals surface area contributed by atoms with Crippen molar-refractivity contribution in [2.45, 2.75) is 76.7 Å². The Morgan fingerprint density at radius 1 is 1.21 bits per heavy atom. The van der Waals surface area contributed by atoms with E-state index in [1.807, 2.05) is 23.1 Å². The number of aromatic nitrogens is 2. The number of guanidine groups is 1. The monoisotopic (exact) mass is 333 g/mol. The Bertz CT molecular complexity index is 540. The van der Waals surface area contributed by atoms with Crippen molar-refractivity contribution in [2.24, 2.45) is 10.7 Å². The van der Waals surface area contributed by atoms with Crippen molar-refractivity contribution in [3.8, 4) is 0 Å². The van der Waals surface area contributed by atoms with Gasteiger partial charge >= 0.3 is 0 Å². The molecule has 1 aliphatic carbocycles. The van der Waals surface area contributed by atoms with Gasteiger partial charge in [0.25, 0.3) is 0 Å². The van der Waals surface area contributed by atoms with Crippen molar-refractivity contribution in [2.75, 3.05) is 13.1 Å². The lowest BCUT2D eigenvalue weighted by Gasteiger charge is -2.45. The summed E-state index contributed by atoms with van der Waals surface area (Å²) in [5.41, 5.74) is 6.16. The molecule has 3 rings (SSSR count). The van der Waals surface area contributed by atoms with Crippen LogP contribution < -0.4 is 5.73 Å². The summed E-state index contributed by atoms with van der Waals surface area (Å²) in [5, 5.41) is 4.42. The van der Waals surface area contributed by atoms with Gasteiger partial charge in [-0.2, -0.15) is 5.10 Å². The highest BCUT2D eigenvalue weighted by atomic mass is 16.5. The van der Waals surface area contributed by atoms with Gasteiger partial charge in [-0.25, -0.2) is 4.99 Å². The highest BCUT2D eigenvalue weighted by molar-refractivity contribution is 5.78. The van der Waals surface area contributed by atoms with Gasteiger partial charge in [-0.3, -0.25) is 4.68 Å². The maximum absolute atomic E-state index is 6.32. The minimum absolute atomic E-state index is 0.129. The number of likely N-dealkylation sites (tertiary alicyclic amines) is 1. The Balaban J connectivity index is 1.71. The van der Waals surface area contributed by atoms with Gasteiger partial charge in [0, 0.05) is 31.9 Å². The standard InChI is InChI=1S/C18H31N5O/c1-18(2,3)24-15-13-14(16(15)23-12-8-9-20-23)21-17(19)22-10-6-4-5-7-11-22/h8-9,12,14-16H,4-7,10-11,13H2,1-3H3,(H2,19,21). The Kier molecular flexibility index (Phi) is 5.13. The molecule has 134 valence electrons. The van der Waals surface area contributed by atoms with E-state index in [-0.39, 0.29) is 23.8 Å². The molecule has 1 aliphatic heterocycles. The molecule has 1 aromatic heterocycles. The highest BCUT2D eigenvalue weighted by Gasteiger charge is 2.45. The second kappa shape index (κ2) is 7.13. The fourth-order valence-corrected chi connectivity index (χ4v) is 3.62. The number of hydrogen-bond acceptors (Lipinski definition) is 3. The fraction of sp³-hybridized carbons (Fsp3) is 0.778. The van der Waals surface area contributed by atoms with Crippen LogP contribution in [0, 0.1) is 0 Å². The maximum atomic E-state index is 6.32. The molecule has 3 unspecified atom stereocenters. The average Bonchev–Trinajstić information content (AvgIpc) is 2.85. The lowest BCUT2D eigenvalue weighted by molar-refractivity contribution is -0.128. The summed E-state index contributed by atoms with van der Waals surface area (Å²) in [6.45, 7) is 8.33. The first-order valence-electron chi connectivity index (χ1n) is 9.19. The van der Waals surface area contributed by atoms with E-state index in [0.29, 0.717) is 5.96 Å². The molecule has 2 N–H and O–H groups in total. The van der Waals surface area contributed by atoms with Crippen LogP contribution in [0.5, 0.6) is 0 Å². The van der Waals surface area contributed by atoms with Gasteiger partial charge in [0.2, 0.25) is 0 Å². The van der Waals surface area contributed by atoms with Crippen LogP contribution in [-0.2, 0) is 4.74 Å². The van der Waals surface area contributed by atoms with Crippen LogP contribution in [0.15, 0.2) is 23.5 Å². The Labute approximate surface area is 145 Å². The van der Waals surface area contributed by atoms with E-state index in [1.165, 1.54) is 25.7 Å². The number of rotatable bonds is 3. The van der Waals surface area contributed by atoms with Gasteiger partial charge in [0.1, 0.15) is 6.04 Å². The van der Waals surface area contributed by atoms with Crippen molar-refractivity contribution in [1.82, 2.24) is 14.7 Å². The molecule has 3 atom stereocenters. The topological polar surface area (TPSA) is 68.7 Å². The zero-order chi connectivity index (χ0) is 17.2. The maximum Gasteiger partial charge on any atom is 0.191 e. The molecule has 0 radical (unpaired) electrons. The SMILES string of the molecule is CC(C)(C)OC1CC(N=C(N)N2CCCCCC2)C1n1cccn1. The van der Waals surface area contributed by atoms with E-state index >= 15 is 0 Å². The van der Waals surface area contributed by atoms with Gasteiger partial charge in [-0.05, 0) is 39.7 Å². The molecular weight excluding hydrogens is 302 g/mol. The predicted octanol–water partition coefficient (Wildman–Crippen LogP) is 2.57. The highest BCUT2D eigenvalue weighted by Crippen LogP contribution is 2.39. The predicted molar refractivity (Wildman–Crippen MR) is 96.0 cm³/mol. The van der Waals surface area contributed by atoms with Crippen LogP contribution in [-0.4, -0.2) is 51.5 Å². The smallest absolute Gasteiger partial charge is 0.191 e. The molecule has 2 heterocycles. The molecule has 0 amide bonds. The Morgan fingerprint density at radius 2 is 1.92 bits per heavy atom. The summed E-state index contributed by atoms with van der Waals surface area (Å²) in [5.74, 6) is 0.688. The summed E-state index contributed by atoms with van der Waals surface area (Å²) < 4.78 is 8.18. The number of aliphatic imine (C=N–C) groups is 1. The van der Waals surface area contributed by atoms with E-state index in [1.54, 1.807) is 0 Å². The van der Waals surface area contributed by atoms with E-state index in [4.69, 9.17) is 15.5 Å². The van der Waals surface area contributed by atoms with Crippen molar-refractivity contribution in [1.29, 1.82) is 0 Å². The largest absolute Gasteiger partial charge is 0.370 e. The van der Waals surface area contributed by atoms with Gasteiger partial charge in [0.15, 0.2) is 5.96 Å². The first kappa shape index (κ1) is 17.3. The molecule has 2 aliphatic rings. The minimum atomic E-state index is -0.166. The van der Waals surface area contributed by atoms with E-state index < -0.39 is 0 Å². The average molecular weight is 333 g/mol. The van der Waals surface area contributed by atoms with Crippen LogP contribution in [0.4, 0.5) is 0 Å². The Morgan fingerprint density at radius 3 is 2.50 bits per heavy atom. The van der Waals surface area contributed by atoms with Gasteiger partial charge in [-0.15, -0.1) is 0 Å². The van der Waals surface area contributed by atoms with Crippen LogP contribution in [0.25, 0.3) is 0 Å². The van der Waals surface area contributed by atoms with Crippen LogP contribution in [0.2, 0.25) is 0 Å².